The molecule has 0 unspecified atom stereocenters. The summed E-state index contributed by atoms with van der Waals surface area (Å²) >= 11 is 0. The van der Waals surface area contributed by atoms with Gasteiger partial charge in [-0.25, -0.2) is 13.8 Å². The number of fused-ring (bicyclic) bond motifs is 1. The number of carbonyl (C=O) groups excluding carboxylic acids is 2. The fraction of sp³-hybridized carbons (Fsp3) is 0.217. The second kappa shape index (κ2) is 7.45. The molecule has 1 spiro atoms. The molecule has 32 heavy (non-hydrogen) atoms. The van der Waals surface area contributed by atoms with Gasteiger partial charge in [-0.2, -0.15) is 0 Å². The summed E-state index contributed by atoms with van der Waals surface area (Å²) in [4.78, 5) is 33.2. The van der Waals surface area contributed by atoms with E-state index in [0.717, 1.165) is 17.7 Å². The maximum absolute atomic E-state index is 13.8. The van der Waals surface area contributed by atoms with Gasteiger partial charge in [0.15, 0.2) is 17.2 Å². The Hall–Kier alpha value is -3.72. The summed E-state index contributed by atoms with van der Waals surface area (Å²) in [7, 11) is 0. The molecule has 3 heterocycles. The van der Waals surface area contributed by atoms with Gasteiger partial charge in [0.1, 0.15) is 22.9 Å². The average molecular weight is 437 g/mol. The fourth-order valence-corrected chi connectivity index (χ4v) is 3.84. The summed E-state index contributed by atoms with van der Waals surface area (Å²) in [5.41, 5.74) is 1.23. The van der Waals surface area contributed by atoms with Crippen molar-refractivity contribution in [3.63, 3.8) is 0 Å². The lowest BCUT2D eigenvalue weighted by Gasteiger charge is -2.43. The molecule has 1 amide bonds. The van der Waals surface area contributed by atoms with E-state index >= 15 is 0 Å². The minimum Gasteiger partial charge on any atom is -0.481 e. The number of rotatable bonds is 3. The van der Waals surface area contributed by atoms with Gasteiger partial charge in [-0.1, -0.05) is 6.07 Å². The first-order chi connectivity index (χ1) is 15.3. The lowest BCUT2D eigenvalue weighted by Crippen LogP contribution is -2.57. The number of aryl methyl sites for hydroxylation is 1. The standard InChI is InChI=1S/C23H17F2N3O4/c1-12-5-14-18(29)7-23(10-31-11-23)32-19(14)6-13(12)17-8-27-20(9-26-17)28-22(30)21-15(24)3-2-4-16(21)25/h2-6,8-9H,7,10-11H2,1H3,(H,27,28,30). The van der Waals surface area contributed by atoms with Gasteiger partial charge in [-0.3, -0.25) is 14.6 Å². The van der Waals surface area contributed by atoms with Crippen molar-refractivity contribution in [1.29, 1.82) is 0 Å². The number of anilines is 1. The van der Waals surface area contributed by atoms with Crippen molar-refractivity contribution in [3.05, 3.63) is 71.1 Å². The zero-order chi connectivity index (χ0) is 22.5. The third kappa shape index (κ3) is 3.40. The Labute approximate surface area is 181 Å². The van der Waals surface area contributed by atoms with Crippen molar-refractivity contribution in [3.8, 4) is 17.0 Å². The zero-order valence-corrected chi connectivity index (χ0v) is 16.9. The van der Waals surface area contributed by atoms with E-state index in [2.05, 4.69) is 15.3 Å². The number of nitrogens with one attached hydrogen (secondary N) is 1. The molecule has 7 nitrogen and oxygen atoms in total. The summed E-state index contributed by atoms with van der Waals surface area (Å²) in [6, 6.07) is 6.68. The SMILES string of the molecule is Cc1cc2c(cc1-c1cnc(NC(=O)c3c(F)cccc3F)cn1)OC1(COC1)CC2=O. The minimum absolute atomic E-state index is 0.00807. The van der Waals surface area contributed by atoms with E-state index in [1.165, 1.54) is 18.5 Å². The summed E-state index contributed by atoms with van der Waals surface area (Å²) < 4.78 is 38.9. The van der Waals surface area contributed by atoms with Crippen LogP contribution in [0.5, 0.6) is 5.75 Å². The van der Waals surface area contributed by atoms with E-state index in [0.29, 0.717) is 35.8 Å². The molecule has 1 saturated heterocycles. The van der Waals surface area contributed by atoms with Crippen LogP contribution in [0, 0.1) is 18.6 Å². The number of ketones is 1. The highest BCUT2D eigenvalue weighted by Crippen LogP contribution is 2.40. The first kappa shape index (κ1) is 20.2. The fourth-order valence-electron chi connectivity index (χ4n) is 3.84. The van der Waals surface area contributed by atoms with Crippen molar-refractivity contribution in [2.45, 2.75) is 18.9 Å². The lowest BCUT2D eigenvalue weighted by molar-refractivity contribution is -0.162. The number of Topliss-reactive ketones (excluding diaryl/α,β-unsaturated/α-hetero) is 1. The molecule has 2 aliphatic rings. The first-order valence-corrected chi connectivity index (χ1v) is 9.88. The molecule has 2 aliphatic heterocycles. The number of hydrogen-bond donors (Lipinski definition) is 1. The van der Waals surface area contributed by atoms with Crippen molar-refractivity contribution in [2.24, 2.45) is 0 Å². The number of halogens is 2. The average Bonchev–Trinajstić information content (AvgIpc) is 2.73. The van der Waals surface area contributed by atoms with Crippen LogP contribution in [0.25, 0.3) is 11.3 Å². The quantitative estimate of drug-likeness (QED) is 0.672. The first-order valence-electron chi connectivity index (χ1n) is 9.88. The number of nitrogens with zero attached hydrogens (tertiary/aromatic N) is 2. The Kier molecular flexibility index (Phi) is 4.70. The third-order valence-electron chi connectivity index (χ3n) is 5.53. The number of carbonyl (C=O) groups is 2. The van der Waals surface area contributed by atoms with Gasteiger partial charge < -0.3 is 14.8 Å². The van der Waals surface area contributed by atoms with Crippen LogP contribution in [-0.4, -0.2) is 40.5 Å². The van der Waals surface area contributed by atoms with Gasteiger partial charge >= 0.3 is 0 Å². The van der Waals surface area contributed by atoms with E-state index in [-0.39, 0.29) is 18.0 Å². The number of hydrogen-bond acceptors (Lipinski definition) is 6. The van der Waals surface area contributed by atoms with Crippen molar-refractivity contribution in [2.75, 3.05) is 18.5 Å². The molecule has 0 aliphatic carbocycles. The highest BCUT2D eigenvalue weighted by atomic mass is 19.1. The van der Waals surface area contributed by atoms with Crippen molar-refractivity contribution >= 4 is 17.5 Å². The normalized spacial score (nSPS) is 16.2. The van der Waals surface area contributed by atoms with E-state index in [9.17, 15) is 18.4 Å². The van der Waals surface area contributed by atoms with Crippen LogP contribution in [0.3, 0.4) is 0 Å². The van der Waals surface area contributed by atoms with Gasteiger partial charge in [0.05, 0.1) is 43.3 Å². The Morgan fingerprint density at radius 1 is 1.09 bits per heavy atom. The Morgan fingerprint density at radius 3 is 2.47 bits per heavy atom. The van der Waals surface area contributed by atoms with Crippen molar-refractivity contribution < 1.29 is 27.8 Å². The maximum atomic E-state index is 13.8. The summed E-state index contributed by atoms with van der Waals surface area (Å²) in [6.07, 6.45) is 3.00. The number of benzene rings is 2. The topological polar surface area (TPSA) is 90.4 Å². The monoisotopic (exact) mass is 437 g/mol. The lowest BCUT2D eigenvalue weighted by atomic mass is 9.87. The Morgan fingerprint density at radius 2 is 1.84 bits per heavy atom. The third-order valence-corrected chi connectivity index (χ3v) is 5.53. The molecule has 1 fully saturated rings. The zero-order valence-electron chi connectivity index (χ0n) is 16.9. The van der Waals surface area contributed by atoms with Crippen LogP contribution in [0.4, 0.5) is 14.6 Å². The molecule has 3 aromatic rings. The van der Waals surface area contributed by atoms with Crippen molar-refractivity contribution in [1.82, 2.24) is 9.97 Å². The smallest absolute Gasteiger partial charge is 0.262 e. The molecule has 9 heteroatoms. The summed E-state index contributed by atoms with van der Waals surface area (Å²) in [5.74, 6) is -2.39. The molecule has 2 aromatic carbocycles. The molecule has 162 valence electrons. The molecule has 0 saturated carbocycles. The van der Waals surface area contributed by atoms with Crippen LogP contribution in [0.15, 0.2) is 42.7 Å². The van der Waals surface area contributed by atoms with Crippen LogP contribution in [-0.2, 0) is 4.74 Å². The molecular formula is C23H17F2N3O4. The van der Waals surface area contributed by atoms with E-state index < -0.39 is 28.7 Å². The molecule has 5 rings (SSSR count). The number of ether oxygens (including phenoxy) is 2. The molecule has 0 bridgehead atoms. The van der Waals surface area contributed by atoms with Gasteiger partial charge in [-0.15, -0.1) is 0 Å². The summed E-state index contributed by atoms with van der Waals surface area (Å²) in [6.45, 7) is 2.59. The van der Waals surface area contributed by atoms with Crippen LogP contribution in [0.1, 0.15) is 32.7 Å². The molecule has 0 atom stereocenters. The largest absolute Gasteiger partial charge is 0.481 e. The number of amides is 1. The van der Waals surface area contributed by atoms with Crippen LogP contribution >= 0.6 is 0 Å². The van der Waals surface area contributed by atoms with Gasteiger partial charge in [0.25, 0.3) is 5.91 Å². The van der Waals surface area contributed by atoms with Gasteiger partial charge in [0.2, 0.25) is 0 Å². The van der Waals surface area contributed by atoms with Gasteiger partial charge in [-0.05, 0) is 36.8 Å². The summed E-state index contributed by atoms with van der Waals surface area (Å²) in [5, 5.41) is 2.34. The Balaban J connectivity index is 1.40. The molecule has 1 aromatic heterocycles. The predicted octanol–water partition coefficient (Wildman–Crippen LogP) is 3.72. The minimum atomic E-state index is -0.971. The van der Waals surface area contributed by atoms with E-state index in [4.69, 9.17) is 9.47 Å². The maximum Gasteiger partial charge on any atom is 0.262 e. The molecule has 0 radical (unpaired) electrons. The number of aromatic nitrogens is 2. The predicted molar refractivity (Wildman–Crippen MR) is 110 cm³/mol. The molecular weight excluding hydrogens is 420 g/mol. The Bertz CT molecular complexity index is 1240. The second-order valence-electron chi connectivity index (χ2n) is 7.88. The second-order valence-corrected chi connectivity index (χ2v) is 7.88. The van der Waals surface area contributed by atoms with E-state index in [1.54, 1.807) is 12.1 Å². The van der Waals surface area contributed by atoms with E-state index in [1.807, 2.05) is 6.92 Å². The van der Waals surface area contributed by atoms with Gasteiger partial charge in [0, 0.05) is 5.56 Å². The highest BCUT2D eigenvalue weighted by molar-refractivity contribution is 6.04. The highest BCUT2D eigenvalue weighted by Gasteiger charge is 2.47. The van der Waals surface area contributed by atoms with Crippen LogP contribution < -0.4 is 10.1 Å². The molecule has 1 N–H and O–H groups in total. The van der Waals surface area contributed by atoms with Crippen LogP contribution in [0.2, 0.25) is 0 Å².